The molecule has 0 saturated carbocycles. The van der Waals surface area contributed by atoms with Gasteiger partial charge in [-0.1, -0.05) is 30.3 Å². The van der Waals surface area contributed by atoms with Gasteiger partial charge in [-0.25, -0.2) is 9.59 Å². The number of aliphatic carboxylic acids is 1. The van der Waals surface area contributed by atoms with E-state index in [-0.39, 0.29) is 31.5 Å². The van der Waals surface area contributed by atoms with Gasteiger partial charge < -0.3 is 25.8 Å². The van der Waals surface area contributed by atoms with Crippen LogP contribution in [0.25, 0.3) is 0 Å². The molecule has 0 bridgehead atoms. The highest BCUT2D eigenvalue weighted by atomic mass is 16.5. The van der Waals surface area contributed by atoms with E-state index in [9.17, 15) is 19.5 Å². The molecule has 1 saturated heterocycles. The monoisotopic (exact) mass is 363 g/mol. The molecule has 1 fully saturated rings. The molecule has 0 spiro atoms. The third-order valence-corrected chi connectivity index (χ3v) is 4.14. The summed E-state index contributed by atoms with van der Waals surface area (Å²) in [5.41, 5.74) is 0.886. The van der Waals surface area contributed by atoms with Gasteiger partial charge in [0.2, 0.25) is 5.91 Å². The predicted molar refractivity (Wildman–Crippen MR) is 94.5 cm³/mol. The second-order valence-electron chi connectivity index (χ2n) is 6.18. The summed E-state index contributed by atoms with van der Waals surface area (Å²) in [6, 6.07) is 8.02. The number of rotatable bonds is 9. The van der Waals surface area contributed by atoms with Crippen LogP contribution in [0.3, 0.4) is 0 Å². The molecule has 2 amide bonds. The van der Waals surface area contributed by atoms with E-state index in [1.54, 1.807) is 0 Å². The maximum absolute atomic E-state index is 12.0. The number of hydrogen-bond donors (Lipinski definition) is 4. The molecule has 0 radical (unpaired) electrons. The number of nitrogens with one attached hydrogen (secondary N) is 3. The summed E-state index contributed by atoms with van der Waals surface area (Å²) in [7, 11) is 0. The third-order valence-electron chi connectivity index (χ3n) is 4.14. The first kappa shape index (κ1) is 19.7. The molecule has 142 valence electrons. The minimum absolute atomic E-state index is 0.175. The Balaban J connectivity index is 1.63. The summed E-state index contributed by atoms with van der Waals surface area (Å²) in [5, 5.41) is 17.4. The Morgan fingerprint density at radius 1 is 1.27 bits per heavy atom. The summed E-state index contributed by atoms with van der Waals surface area (Å²) < 4.78 is 5.07. The summed E-state index contributed by atoms with van der Waals surface area (Å²) in [4.78, 5) is 34.9. The standard InChI is InChI=1S/C18H25N3O5/c22-16(14-8-4-10-19-14)21-15(17(23)24)9-5-11-20-18(25)26-12-13-6-2-1-3-7-13/h1-3,6-7,14-15,19H,4-5,8-12H2,(H,20,25)(H,21,22)(H,23,24)/t14-,15+/m1/s1. The molecule has 0 aliphatic carbocycles. The molecule has 1 heterocycles. The van der Waals surface area contributed by atoms with Crippen LogP contribution in [0.4, 0.5) is 4.79 Å². The van der Waals surface area contributed by atoms with Gasteiger partial charge in [-0.05, 0) is 37.8 Å². The maximum Gasteiger partial charge on any atom is 0.407 e. The molecule has 8 heteroatoms. The zero-order chi connectivity index (χ0) is 18.8. The molecule has 0 aromatic heterocycles. The molecule has 4 N–H and O–H groups in total. The fourth-order valence-electron chi connectivity index (χ4n) is 2.71. The summed E-state index contributed by atoms with van der Waals surface area (Å²) in [5.74, 6) is -1.37. The van der Waals surface area contributed by atoms with Crippen LogP contribution in [-0.2, 0) is 20.9 Å². The van der Waals surface area contributed by atoms with Crippen molar-refractivity contribution in [2.45, 2.75) is 44.4 Å². The lowest BCUT2D eigenvalue weighted by Crippen LogP contribution is -2.48. The van der Waals surface area contributed by atoms with Crippen molar-refractivity contribution >= 4 is 18.0 Å². The van der Waals surface area contributed by atoms with Crippen LogP contribution >= 0.6 is 0 Å². The van der Waals surface area contributed by atoms with Gasteiger partial charge in [0.15, 0.2) is 0 Å². The minimum atomic E-state index is -1.08. The fourth-order valence-corrected chi connectivity index (χ4v) is 2.71. The summed E-state index contributed by atoms with van der Waals surface area (Å²) >= 11 is 0. The number of hydrogen-bond acceptors (Lipinski definition) is 5. The largest absolute Gasteiger partial charge is 0.480 e. The zero-order valence-corrected chi connectivity index (χ0v) is 14.6. The highest BCUT2D eigenvalue weighted by molar-refractivity contribution is 5.87. The first-order chi connectivity index (χ1) is 12.6. The topological polar surface area (TPSA) is 117 Å². The number of carbonyl (C=O) groups excluding carboxylic acids is 2. The number of amides is 2. The Morgan fingerprint density at radius 3 is 2.69 bits per heavy atom. The molecule has 1 aliphatic heterocycles. The van der Waals surface area contributed by atoms with E-state index in [2.05, 4.69) is 16.0 Å². The zero-order valence-electron chi connectivity index (χ0n) is 14.6. The normalized spacial score (nSPS) is 17.3. The van der Waals surface area contributed by atoms with Crippen LogP contribution in [0, 0.1) is 0 Å². The SMILES string of the molecule is O=C(NCCC[C@H](NC(=O)[C@H]1CCCN1)C(=O)O)OCc1ccccc1. The van der Waals surface area contributed by atoms with Crippen molar-refractivity contribution in [1.29, 1.82) is 0 Å². The lowest BCUT2D eigenvalue weighted by molar-refractivity contribution is -0.142. The first-order valence-corrected chi connectivity index (χ1v) is 8.77. The van der Waals surface area contributed by atoms with Gasteiger partial charge in [-0.15, -0.1) is 0 Å². The van der Waals surface area contributed by atoms with Crippen LogP contribution in [0.1, 0.15) is 31.2 Å². The van der Waals surface area contributed by atoms with E-state index in [0.29, 0.717) is 12.8 Å². The Hall–Kier alpha value is -2.61. The van der Waals surface area contributed by atoms with Crippen molar-refractivity contribution < 1.29 is 24.2 Å². The second-order valence-corrected chi connectivity index (χ2v) is 6.18. The Labute approximate surface area is 152 Å². The van der Waals surface area contributed by atoms with Crippen LogP contribution in [0.15, 0.2) is 30.3 Å². The van der Waals surface area contributed by atoms with Gasteiger partial charge >= 0.3 is 12.1 Å². The second kappa shape index (κ2) is 10.4. The number of carboxylic acids is 1. The quantitative estimate of drug-likeness (QED) is 0.487. The molecule has 1 aromatic carbocycles. The molecule has 2 atom stereocenters. The van der Waals surface area contributed by atoms with E-state index in [1.807, 2.05) is 30.3 Å². The van der Waals surface area contributed by atoms with Gasteiger partial charge in [-0.3, -0.25) is 4.79 Å². The van der Waals surface area contributed by atoms with Crippen molar-refractivity contribution in [3.8, 4) is 0 Å². The average molecular weight is 363 g/mol. The number of carbonyl (C=O) groups is 3. The molecular formula is C18H25N3O5. The summed E-state index contributed by atoms with van der Waals surface area (Å²) in [6.45, 7) is 1.22. The van der Waals surface area contributed by atoms with Gasteiger partial charge in [0.1, 0.15) is 12.6 Å². The third kappa shape index (κ3) is 6.72. The number of alkyl carbamates (subject to hydrolysis) is 1. The maximum atomic E-state index is 12.0. The fraction of sp³-hybridized carbons (Fsp3) is 0.500. The molecule has 2 rings (SSSR count). The van der Waals surface area contributed by atoms with Crippen molar-refractivity contribution in [2.75, 3.05) is 13.1 Å². The Kier molecular flexibility index (Phi) is 7.88. The van der Waals surface area contributed by atoms with Gasteiger partial charge in [0, 0.05) is 6.54 Å². The van der Waals surface area contributed by atoms with Crippen molar-refractivity contribution in [3.05, 3.63) is 35.9 Å². The van der Waals surface area contributed by atoms with E-state index in [4.69, 9.17) is 4.74 Å². The van der Waals surface area contributed by atoms with Crippen LogP contribution in [0.5, 0.6) is 0 Å². The lowest BCUT2D eigenvalue weighted by atomic mass is 10.1. The van der Waals surface area contributed by atoms with Crippen LogP contribution < -0.4 is 16.0 Å². The number of benzene rings is 1. The van der Waals surface area contributed by atoms with Crippen molar-refractivity contribution in [2.24, 2.45) is 0 Å². The predicted octanol–water partition coefficient (Wildman–Crippen LogP) is 1.01. The van der Waals surface area contributed by atoms with Crippen molar-refractivity contribution in [3.63, 3.8) is 0 Å². The van der Waals surface area contributed by atoms with Crippen molar-refractivity contribution in [1.82, 2.24) is 16.0 Å². The Bertz CT molecular complexity index is 602. The molecule has 8 nitrogen and oxygen atoms in total. The van der Waals surface area contributed by atoms with E-state index in [1.165, 1.54) is 0 Å². The molecule has 1 aromatic rings. The number of carboxylic acid groups (broad SMARTS) is 1. The summed E-state index contributed by atoms with van der Waals surface area (Å²) in [6.07, 6.45) is 1.71. The molecular weight excluding hydrogens is 338 g/mol. The molecule has 1 aliphatic rings. The number of ether oxygens (including phenoxy) is 1. The molecule has 0 unspecified atom stereocenters. The van der Waals surface area contributed by atoms with E-state index >= 15 is 0 Å². The first-order valence-electron chi connectivity index (χ1n) is 8.77. The molecule has 26 heavy (non-hydrogen) atoms. The smallest absolute Gasteiger partial charge is 0.407 e. The average Bonchev–Trinajstić information content (AvgIpc) is 3.18. The van der Waals surface area contributed by atoms with E-state index in [0.717, 1.165) is 18.5 Å². The highest BCUT2D eigenvalue weighted by Crippen LogP contribution is 2.06. The van der Waals surface area contributed by atoms with Gasteiger partial charge in [0.05, 0.1) is 6.04 Å². The van der Waals surface area contributed by atoms with Gasteiger partial charge in [0.25, 0.3) is 0 Å². The van der Waals surface area contributed by atoms with Gasteiger partial charge in [-0.2, -0.15) is 0 Å². The highest BCUT2D eigenvalue weighted by Gasteiger charge is 2.26. The van der Waals surface area contributed by atoms with Crippen LogP contribution in [0.2, 0.25) is 0 Å². The van der Waals surface area contributed by atoms with E-state index < -0.39 is 18.1 Å². The van der Waals surface area contributed by atoms with Crippen LogP contribution in [-0.4, -0.2) is 48.2 Å². The Morgan fingerprint density at radius 2 is 2.04 bits per heavy atom. The lowest BCUT2D eigenvalue weighted by Gasteiger charge is -2.17. The minimum Gasteiger partial charge on any atom is -0.480 e.